The Hall–Kier alpha value is -1.33. The highest BCUT2D eigenvalue weighted by Crippen LogP contribution is 2.23. The lowest BCUT2D eigenvalue weighted by Crippen LogP contribution is -2.60. The molecule has 9 heteroatoms. The monoisotopic (exact) mass is 1020 g/mol. The molecule has 0 aromatic rings. The number of nitrogens with one attached hydrogen (secondary N) is 1. The van der Waals surface area contributed by atoms with Crippen LogP contribution in [-0.2, 0) is 14.3 Å². The molecule has 1 aliphatic heterocycles. The predicted molar refractivity (Wildman–Crippen MR) is 304 cm³/mol. The molecule has 0 saturated carbocycles. The maximum absolute atomic E-state index is 13.1. The molecule has 0 aromatic heterocycles. The Morgan fingerprint density at radius 2 is 0.792 bits per heavy atom. The first-order chi connectivity index (χ1) is 35.3. The Morgan fingerprint density at radius 1 is 0.458 bits per heavy atom. The molecule has 426 valence electrons. The van der Waals surface area contributed by atoms with Gasteiger partial charge in [0, 0.05) is 6.42 Å². The fourth-order valence-corrected chi connectivity index (χ4v) is 10.3. The maximum Gasteiger partial charge on any atom is 0.220 e. The molecule has 9 nitrogen and oxygen atoms in total. The van der Waals surface area contributed by atoms with Crippen LogP contribution in [0.5, 0.6) is 0 Å². The zero-order chi connectivity index (χ0) is 52.2. The molecule has 1 rings (SSSR count). The molecule has 1 fully saturated rings. The van der Waals surface area contributed by atoms with Gasteiger partial charge in [-0.1, -0.05) is 301 Å². The second-order valence-corrected chi connectivity index (χ2v) is 22.2. The van der Waals surface area contributed by atoms with Gasteiger partial charge < -0.3 is 40.3 Å². The smallest absolute Gasteiger partial charge is 0.220 e. The molecular weight excluding hydrogens is 899 g/mol. The lowest BCUT2D eigenvalue weighted by Gasteiger charge is -2.40. The van der Waals surface area contributed by atoms with E-state index in [1.54, 1.807) is 6.08 Å². The van der Waals surface area contributed by atoms with E-state index in [0.29, 0.717) is 6.42 Å². The number of rotatable bonds is 55. The molecule has 0 radical (unpaired) electrons. The Morgan fingerprint density at radius 3 is 1.17 bits per heavy atom. The van der Waals surface area contributed by atoms with Crippen molar-refractivity contribution in [3.63, 3.8) is 0 Å². The highest BCUT2D eigenvalue weighted by molar-refractivity contribution is 5.76. The van der Waals surface area contributed by atoms with E-state index in [0.717, 1.165) is 38.5 Å². The summed E-state index contributed by atoms with van der Waals surface area (Å²) in [4.78, 5) is 13.1. The third-order valence-electron chi connectivity index (χ3n) is 15.3. The second kappa shape index (κ2) is 53.1. The first kappa shape index (κ1) is 68.7. The van der Waals surface area contributed by atoms with Gasteiger partial charge in [-0.2, -0.15) is 0 Å². The van der Waals surface area contributed by atoms with Crippen LogP contribution in [0, 0.1) is 0 Å². The van der Waals surface area contributed by atoms with Crippen molar-refractivity contribution in [3.05, 3.63) is 24.3 Å². The van der Waals surface area contributed by atoms with E-state index in [-0.39, 0.29) is 12.5 Å². The molecule has 0 spiro atoms. The highest BCUT2D eigenvalue weighted by Gasteiger charge is 2.44. The van der Waals surface area contributed by atoms with Gasteiger partial charge in [-0.25, -0.2) is 0 Å². The second-order valence-electron chi connectivity index (χ2n) is 22.2. The summed E-state index contributed by atoms with van der Waals surface area (Å²) < 4.78 is 11.3. The topological polar surface area (TPSA) is 149 Å². The summed E-state index contributed by atoms with van der Waals surface area (Å²) in [5.41, 5.74) is 0. The Balaban J connectivity index is 2.09. The van der Waals surface area contributed by atoms with Crippen molar-refractivity contribution in [3.8, 4) is 0 Å². The molecule has 1 amide bonds. The Labute approximate surface area is 445 Å². The Kier molecular flexibility index (Phi) is 50.6. The minimum absolute atomic E-state index is 0.180. The van der Waals surface area contributed by atoms with Crippen LogP contribution in [0.4, 0.5) is 0 Å². The number of ether oxygens (including phenoxy) is 2. The molecule has 6 N–H and O–H groups in total. The van der Waals surface area contributed by atoms with Crippen molar-refractivity contribution >= 4 is 5.91 Å². The minimum atomic E-state index is -1.57. The van der Waals surface area contributed by atoms with E-state index in [2.05, 4.69) is 31.3 Å². The zero-order valence-electron chi connectivity index (χ0n) is 47.5. The van der Waals surface area contributed by atoms with Crippen molar-refractivity contribution < 1.29 is 39.8 Å². The van der Waals surface area contributed by atoms with Crippen molar-refractivity contribution in [1.29, 1.82) is 0 Å². The van der Waals surface area contributed by atoms with Crippen molar-refractivity contribution in [2.75, 3.05) is 13.2 Å². The summed E-state index contributed by atoms with van der Waals surface area (Å²) in [6.45, 7) is 3.79. The lowest BCUT2D eigenvalue weighted by molar-refractivity contribution is -0.302. The van der Waals surface area contributed by atoms with Gasteiger partial charge in [0.1, 0.15) is 24.4 Å². The van der Waals surface area contributed by atoms with Crippen LogP contribution in [-0.4, -0.2) is 87.5 Å². The fourth-order valence-electron chi connectivity index (χ4n) is 10.3. The maximum atomic E-state index is 13.1. The average Bonchev–Trinajstić information content (AvgIpc) is 3.38. The van der Waals surface area contributed by atoms with Gasteiger partial charge in [0.05, 0.1) is 25.4 Å². The van der Waals surface area contributed by atoms with E-state index in [9.17, 15) is 30.3 Å². The molecule has 1 saturated heterocycles. The van der Waals surface area contributed by atoms with Crippen LogP contribution in [0.1, 0.15) is 316 Å². The molecule has 0 aliphatic carbocycles. The minimum Gasteiger partial charge on any atom is -0.394 e. The van der Waals surface area contributed by atoms with Crippen molar-refractivity contribution in [1.82, 2.24) is 5.32 Å². The van der Waals surface area contributed by atoms with Crippen LogP contribution < -0.4 is 5.32 Å². The zero-order valence-corrected chi connectivity index (χ0v) is 47.5. The van der Waals surface area contributed by atoms with Gasteiger partial charge in [0.25, 0.3) is 0 Å². The van der Waals surface area contributed by atoms with Crippen LogP contribution in [0.25, 0.3) is 0 Å². The summed E-state index contributed by atoms with van der Waals surface area (Å²) in [6.07, 6.45) is 61.4. The van der Waals surface area contributed by atoms with Crippen LogP contribution in [0.2, 0.25) is 0 Å². The van der Waals surface area contributed by atoms with E-state index in [1.807, 2.05) is 6.08 Å². The number of unbranched alkanes of at least 4 members (excludes halogenated alkanes) is 43. The molecular formula is C63H121NO8. The molecule has 1 heterocycles. The van der Waals surface area contributed by atoms with E-state index >= 15 is 0 Å². The number of amides is 1. The predicted octanol–water partition coefficient (Wildman–Crippen LogP) is 16.1. The summed E-state index contributed by atoms with van der Waals surface area (Å²) in [5, 5.41) is 54.5. The number of hydrogen-bond acceptors (Lipinski definition) is 8. The van der Waals surface area contributed by atoms with Crippen LogP contribution in [0.15, 0.2) is 24.3 Å². The van der Waals surface area contributed by atoms with E-state index < -0.39 is 49.5 Å². The summed E-state index contributed by atoms with van der Waals surface area (Å²) in [7, 11) is 0. The van der Waals surface area contributed by atoms with Crippen molar-refractivity contribution in [2.24, 2.45) is 0 Å². The number of aliphatic hydroxyl groups is 5. The van der Waals surface area contributed by atoms with Gasteiger partial charge in [0.15, 0.2) is 6.29 Å². The first-order valence-electron chi connectivity index (χ1n) is 31.6. The SMILES string of the molecule is CCCCCCCCCCC/C=C/CC/C=C/C(O)C(COC1OC(CO)C(O)C(O)C1O)NC(=O)CCCCCCCCCCCCCCCCCCCCCCCCCCCCCCCCCCCC. The number of hydrogen-bond donors (Lipinski definition) is 6. The lowest BCUT2D eigenvalue weighted by atomic mass is 9.99. The molecule has 72 heavy (non-hydrogen) atoms. The normalized spacial score (nSPS) is 19.2. The largest absolute Gasteiger partial charge is 0.394 e. The third kappa shape index (κ3) is 41.9. The molecule has 1 aliphatic rings. The van der Waals surface area contributed by atoms with Crippen molar-refractivity contribution in [2.45, 2.75) is 358 Å². The van der Waals surface area contributed by atoms with Crippen LogP contribution >= 0.6 is 0 Å². The number of aliphatic hydroxyl groups excluding tert-OH is 5. The molecule has 7 atom stereocenters. The van der Waals surface area contributed by atoms with Gasteiger partial charge >= 0.3 is 0 Å². The van der Waals surface area contributed by atoms with Crippen LogP contribution in [0.3, 0.4) is 0 Å². The standard InChI is InChI=1S/C63H121NO8/c1-3-5-7-9-11-13-15-17-19-20-21-22-23-24-25-26-27-28-29-30-31-32-33-34-35-36-37-39-41-43-45-47-49-51-53-59(67)64-56(55-71-63-62(70)61(69)60(68)58(54-65)72-63)57(66)52-50-48-46-44-42-40-38-18-16-14-12-10-8-6-4-2/h42,44,50,52,56-58,60-63,65-66,68-70H,3-41,43,45-49,51,53-55H2,1-2H3,(H,64,67)/b44-42+,52-50+. The number of allylic oxidation sites excluding steroid dienone is 3. The molecule has 0 aromatic carbocycles. The summed E-state index contributed by atoms with van der Waals surface area (Å²) >= 11 is 0. The van der Waals surface area contributed by atoms with Gasteiger partial charge in [-0.05, 0) is 32.1 Å². The van der Waals surface area contributed by atoms with Gasteiger partial charge in [-0.15, -0.1) is 0 Å². The number of carbonyl (C=O) groups is 1. The first-order valence-corrected chi connectivity index (χ1v) is 31.6. The Bertz CT molecular complexity index is 1180. The molecule has 7 unspecified atom stereocenters. The molecule has 0 bridgehead atoms. The average molecular weight is 1020 g/mol. The van der Waals surface area contributed by atoms with E-state index in [4.69, 9.17) is 9.47 Å². The number of carbonyl (C=O) groups excluding carboxylic acids is 1. The third-order valence-corrected chi connectivity index (χ3v) is 15.3. The van der Waals surface area contributed by atoms with E-state index in [1.165, 1.54) is 257 Å². The summed E-state index contributed by atoms with van der Waals surface area (Å²) in [5.74, 6) is -0.180. The van der Waals surface area contributed by atoms with Gasteiger partial charge in [-0.3, -0.25) is 4.79 Å². The quantitative estimate of drug-likeness (QED) is 0.0261. The highest BCUT2D eigenvalue weighted by atomic mass is 16.7. The fraction of sp³-hybridized carbons (Fsp3) is 0.921. The van der Waals surface area contributed by atoms with Gasteiger partial charge in [0.2, 0.25) is 5.91 Å². The summed E-state index contributed by atoms with van der Waals surface area (Å²) in [6, 6.07) is -0.818.